The van der Waals surface area contributed by atoms with Crippen LogP contribution in [0.5, 0.6) is 0 Å². The molecular formula is C22H34O3S. The minimum atomic E-state index is -0.364. The minimum Gasteiger partial charge on any atom is -0.459 e. The number of unbranched alkanes of at least 4 members (excludes halogenated alkanes) is 8. The summed E-state index contributed by atoms with van der Waals surface area (Å²) in [6.07, 6.45) is 12.4. The first-order valence-electron chi connectivity index (χ1n) is 10.3. The first-order valence-corrected chi connectivity index (χ1v) is 11.2. The van der Waals surface area contributed by atoms with Crippen LogP contribution in [0.3, 0.4) is 0 Å². The molecule has 26 heavy (non-hydrogen) atoms. The van der Waals surface area contributed by atoms with Gasteiger partial charge in [0.25, 0.3) is 0 Å². The van der Waals surface area contributed by atoms with E-state index in [1.54, 1.807) is 11.8 Å². The molecule has 1 N–H and O–H groups in total. The highest BCUT2D eigenvalue weighted by Crippen LogP contribution is 2.36. The molecule has 146 valence electrons. The van der Waals surface area contributed by atoms with Gasteiger partial charge in [-0.25, -0.2) is 0 Å². The van der Waals surface area contributed by atoms with Gasteiger partial charge in [0.2, 0.25) is 0 Å². The summed E-state index contributed by atoms with van der Waals surface area (Å²) in [4.78, 5) is 12.8. The number of carbonyl (C=O) groups excluding carboxylic acids is 1. The van der Waals surface area contributed by atoms with Crippen molar-refractivity contribution < 1.29 is 14.6 Å². The van der Waals surface area contributed by atoms with Crippen LogP contribution in [0.4, 0.5) is 0 Å². The summed E-state index contributed by atoms with van der Waals surface area (Å²) in [6.45, 7) is 2.25. The number of benzene rings is 1. The van der Waals surface area contributed by atoms with E-state index in [1.165, 1.54) is 51.4 Å². The van der Waals surface area contributed by atoms with Gasteiger partial charge in [-0.2, -0.15) is 0 Å². The Bertz CT molecular complexity index is 505. The molecule has 0 radical (unpaired) electrons. The second-order valence-electron chi connectivity index (χ2n) is 7.33. The topological polar surface area (TPSA) is 46.5 Å². The second-order valence-corrected chi connectivity index (χ2v) is 8.55. The molecule has 1 unspecified atom stereocenters. The van der Waals surface area contributed by atoms with Crippen molar-refractivity contribution in [2.45, 2.75) is 99.9 Å². The van der Waals surface area contributed by atoms with E-state index in [1.807, 2.05) is 30.3 Å². The Morgan fingerprint density at radius 3 is 2.23 bits per heavy atom. The first-order chi connectivity index (χ1) is 12.7. The van der Waals surface area contributed by atoms with Crippen LogP contribution in [-0.4, -0.2) is 28.5 Å². The Balaban J connectivity index is 1.53. The number of rotatable bonds is 14. The molecule has 1 fully saturated rings. The van der Waals surface area contributed by atoms with Gasteiger partial charge in [-0.15, -0.1) is 11.8 Å². The third-order valence-corrected chi connectivity index (χ3v) is 6.28. The van der Waals surface area contributed by atoms with Gasteiger partial charge in [-0.05, 0) is 18.6 Å². The van der Waals surface area contributed by atoms with E-state index < -0.39 is 0 Å². The van der Waals surface area contributed by atoms with Gasteiger partial charge >= 0.3 is 5.97 Å². The number of thioether (sulfide) groups is 1. The highest BCUT2D eigenvalue weighted by atomic mass is 32.2. The van der Waals surface area contributed by atoms with Crippen molar-refractivity contribution in [1.29, 1.82) is 0 Å². The number of hydrogen-bond donors (Lipinski definition) is 1. The number of hydrogen-bond acceptors (Lipinski definition) is 4. The van der Waals surface area contributed by atoms with Gasteiger partial charge < -0.3 is 9.84 Å². The Morgan fingerprint density at radius 2 is 1.62 bits per heavy atom. The van der Waals surface area contributed by atoms with Crippen LogP contribution < -0.4 is 0 Å². The molecule has 3 atom stereocenters. The van der Waals surface area contributed by atoms with Crippen LogP contribution in [-0.2, 0) is 9.53 Å². The molecule has 1 aliphatic heterocycles. The lowest BCUT2D eigenvalue weighted by Gasteiger charge is -2.35. The van der Waals surface area contributed by atoms with E-state index in [2.05, 4.69) is 6.92 Å². The monoisotopic (exact) mass is 378 g/mol. The fourth-order valence-electron chi connectivity index (χ4n) is 3.38. The van der Waals surface area contributed by atoms with E-state index in [4.69, 9.17) is 4.74 Å². The number of carbonyl (C=O) groups is 1. The number of aliphatic hydroxyl groups is 1. The first kappa shape index (κ1) is 21.3. The van der Waals surface area contributed by atoms with Crippen molar-refractivity contribution in [3.05, 3.63) is 30.3 Å². The Hall–Kier alpha value is -1.00. The predicted octanol–water partition coefficient (Wildman–Crippen LogP) is 5.74. The van der Waals surface area contributed by atoms with Crippen molar-refractivity contribution in [1.82, 2.24) is 0 Å². The highest BCUT2D eigenvalue weighted by Gasteiger charge is 2.43. The van der Waals surface area contributed by atoms with Gasteiger partial charge in [0, 0.05) is 11.3 Å². The number of esters is 1. The maximum Gasteiger partial charge on any atom is 0.323 e. The quantitative estimate of drug-likeness (QED) is 0.331. The van der Waals surface area contributed by atoms with Crippen LogP contribution in [0.25, 0.3) is 0 Å². The van der Waals surface area contributed by atoms with Gasteiger partial charge in [-0.3, -0.25) is 4.79 Å². The third-order valence-electron chi connectivity index (χ3n) is 4.99. The summed E-state index contributed by atoms with van der Waals surface area (Å²) >= 11 is 1.55. The van der Waals surface area contributed by atoms with E-state index in [9.17, 15) is 9.90 Å². The molecule has 0 aliphatic carbocycles. The predicted molar refractivity (Wildman–Crippen MR) is 108 cm³/mol. The van der Waals surface area contributed by atoms with Crippen molar-refractivity contribution in [3.63, 3.8) is 0 Å². The molecule has 4 heteroatoms. The van der Waals surface area contributed by atoms with Crippen LogP contribution in [0.1, 0.15) is 77.6 Å². The average molecular weight is 379 g/mol. The Morgan fingerprint density at radius 1 is 1.00 bits per heavy atom. The normalized spacial score (nSPS) is 20.5. The minimum absolute atomic E-state index is 0.152. The zero-order chi connectivity index (χ0) is 18.6. The summed E-state index contributed by atoms with van der Waals surface area (Å²) in [5.41, 5.74) is 0. The van der Waals surface area contributed by atoms with Crippen LogP contribution in [0.15, 0.2) is 35.2 Å². The lowest BCUT2D eigenvalue weighted by atomic mass is 9.99. The van der Waals surface area contributed by atoms with E-state index in [-0.39, 0.29) is 23.4 Å². The standard InChI is InChI=1S/C22H34O3S/c1-2-3-4-5-6-7-8-9-11-14-18(23)17-20-21(22(24)25-20)26-19-15-12-10-13-16-19/h10,12-13,15-16,18,20-21,23H,2-9,11,14,17H2,1H3/t18?,20-,21-/m1/s1. The van der Waals surface area contributed by atoms with Crippen molar-refractivity contribution >= 4 is 17.7 Å². The molecule has 0 amide bonds. The van der Waals surface area contributed by atoms with Crippen molar-refractivity contribution in [3.8, 4) is 0 Å². The molecule has 1 aromatic rings. The maximum absolute atomic E-state index is 11.7. The zero-order valence-electron chi connectivity index (χ0n) is 16.1. The summed E-state index contributed by atoms with van der Waals surface area (Å²) in [6, 6.07) is 9.92. The van der Waals surface area contributed by atoms with Crippen LogP contribution in [0, 0.1) is 0 Å². The molecule has 0 spiro atoms. The van der Waals surface area contributed by atoms with Crippen LogP contribution >= 0.6 is 11.8 Å². The lowest BCUT2D eigenvalue weighted by Crippen LogP contribution is -2.49. The summed E-state index contributed by atoms with van der Waals surface area (Å²) in [5, 5.41) is 10.1. The molecule has 1 saturated heterocycles. The molecule has 0 aromatic heterocycles. The van der Waals surface area contributed by atoms with Gasteiger partial charge in [0.1, 0.15) is 11.4 Å². The SMILES string of the molecule is CCCCCCCCCCCC(O)C[C@H]1OC(=O)[C@@H]1Sc1ccccc1. The smallest absolute Gasteiger partial charge is 0.323 e. The molecule has 1 aliphatic rings. The third kappa shape index (κ3) is 7.71. The van der Waals surface area contributed by atoms with Gasteiger partial charge in [0.05, 0.1) is 6.10 Å². The maximum atomic E-state index is 11.7. The van der Waals surface area contributed by atoms with Gasteiger partial charge in [-0.1, -0.05) is 82.9 Å². The molecule has 1 aromatic carbocycles. The van der Waals surface area contributed by atoms with E-state index >= 15 is 0 Å². The average Bonchev–Trinajstić information content (AvgIpc) is 2.65. The van der Waals surface area contributed by atoms with E-state index in [0.29, 0.717) is 6.42 Å². The second kappa shape index (κ2) is 12.4. The highest BCUT2D eigenvalue weighted by molar-refractivity contribution is 8.00. The number of cyclic esters (lactones) is 1. The molecule has 0 bridgehead atoms. The number of aliphatic hydroxyl groups excluding tert-OH is 1. The molecule has 1 heterocycles. The van der Waals surface area contributed by atoms with E-state index in [0.717, 1.165) is 17.7 Å². The fourth-order valence-corrected chi connectivity index (χ4v) is 4.45. The molecule has 0 saturated carbocycles. The lowest BCUT2D eigenvalue weighted by molar-refractivity contribution is -0.169. The van der Waals surface area contributed by atoms with Crippen LogP contribution in [0.2, 0.25) is 0 Å². The summed E-state index contributed by atoms with van der Waals surface area (Å²) in [5.74, 6) is -0.154. The fraction of sp³-hybridized carbons (Fsp3) is 0.682. The molecular weight excluding hydrogens is 344 g/mol. The molecule has 3 nitrogen and oxygen atoms in total. The zero-order valence-corrected chi connectivity index (χ0v) is 16.9. The largest absolute Gasteiger partial charge is 0.459 e. The van der Waals surface area contributed by atoms with Crippen molar-refractivity contribution in [2.75, 3.05) is 0 Å². The number of ether oxygens (including phenoxy) is 1. The molecule has 2 rings (SSSR count). The summed E-state index contributed by atoms with van der Waals surface area (Å²) in [7, 11) is 0. The summed E-state index contributed by atoms with van der Waals surface area (Å²) < 4.78 is 5.27. The Labute approximate surface area is 162 Å². The van der Waals surface area contributed by atoms with Crippen molar-refractivity contribution in [2.24, 2.45) is 0 Å². The Kier molecular flexibility index (Phi) is 10.2. The van der Waals surface area contributed by atoms with Gasteiger partial charge in [0.15, 0.2) is 0 Å².